The van der Waals surface area contributed by atoms with Gasteiger partial charge in [0.1, 0.15) is 17.5 Å². The summed E-state index contributed by atoms with van der Waals surface area (Å²) in [5.41, 5.74) is 20.2. The molecule has 0 aliphatic carbocycles. The highest BCUT2D eigenvalue weighted by atomic mass is 35.5. The second-order valence-corrected chi connectivity index (χ2v) is 8.17. The van der Waals surface area contributed by atoms with Crippen molar-refractivity contribution in [2.24, 2.45) is 27.6 Å². The van der Waals surface area contributed by atoms with Crippen molar-refractivity contribution in [3.8, 4) is 0 Å². The molecule has 2 aliphatic heterocycles. The number of nitrogens with two attached hydrogens (primary N) is 3. The summed E-state index contributed by atoms with van der Waals surface area (Å²) in [4.78, 5) is 14.4. The number of nitrogens with zero attached hydrogens (tertiary/aromatic N) is 5. The molecule has 12 heteroatoms. The zero-order valence-electron chi connectivity index (χ0n) is 16.0. The van der Waals surface area contributed by atoms with E-state index >= 15 is 0 Å². The summed E-state index contributed by atoms with van der Waals surface area (Å²) in [5.74, 6) is 0.790. The van der Waals surface area contributed by atoms with Gasteiger partial charge in [0, 0.05) is 25.0 Å². The summed E-state index contributed by atoms with van der Waals surface area (Å²) >= 11 is 6.76. The zero-order valence-corrected chi connectivity index (χ0v) is 18.4. The lowest BCUT2D eigenvalue weighted by atomic mass is 9.80. The van der Waals surface area contributed by atoms with Crippen molar-refractivity contribution in [1.29, 1.82) is 0 Å². The average Bonchev–Trinajstić information content (AvgIpc) is 3.10. The summed E-state index contributed by atoms with van der Waals surface area (Å²) in [6.07, 6.45) is 6.22. The summed E-state index contributed by atoms with van der Waals surface area (Å²) in [5, 5.41) is 7.21. The van der Waals surface area contributed by atoms with Crippen LogP contribution in [0.5, 0.6) is 0 Å². The quantitative estimate of drug-likeness (QED) is 0.504. The molecule has 0 aromatic carbocycles. The van der Waals surface area contributed by atoms with Crippen molar-refractivity contribution in [2.45, 2.75) is 30.8 Å². The molecule has 0 spiro atoms. The van der Waals surface area contributed by atoms with E-state index in [9.17, 15) is 0 Å². The molecular weight excluding hydrogens is 437 g/mol. The van der Waals surface area contributed by atoms with Crippen LogP contribution >= 0.6 is 36.4 Å². The van der Waals surface area contributed by atoms with Crippen LogP contribution < -0.4 is 22.1 Å². The Morgan fingerprint density at radius 3 is 2.62 bits per heavy atom. The number of nitrogens with one attached hydrogen (secondary N) is 1. The van der Waals surface area contributed by atoms with Gasteiger partial charge in [-0.2, -0.15) is 5.10 Å². The number of fused-ring (bicyclic) bond motifs is 1. The molecule has 0 amide bonds. The molecule has 29 heavy (non-hydrogen) atoms. The maximum Gasteiger partial charge on any atom is 0.201 e. The second kappa shape index (κ2) is 8.61. The number of allylic oxidation sites excluding steroid dienone is 1. The standard InChI is InChI=1S/C17H24ClN9.2ClH/c1-16(9-19)3-6-27(7-4-16)11-8-23-12-13(25-26-14(12)24-11)17(18)10(20)2-5-22-15(17)21;;/h2,5,8,15H,3-4,6-7,9,19-21H2,1H3,(H,24,25,26);2*1H. The average molecular weight is 463 g/mol. The minimum absolute atomic E-state index is 0. The molecule has 2 aliphatic rings. The molecule has 0 radical (unpaired) electrons. The fraction of sp³-hybridized carbons (Fsp3) is 0.529. The summed E-state index contributed by atoms with van der Waals surface area (Å²) in [6, 6.07) is 0. The maximum absolute atomic E-state index is 6.76. The number of hydrogen-bond acceptors (Lipinski definition) is 8. The molecule has 2 aromatic heterocycles. The molecule has 160 valence electrons. The summed E-state index contributed by atoms with van der Waals surface area (Å²) < 4.78 is 0. The third-order valence-electron chi connectivity index (χ3n) is 5.73. The molecule has 2 unspecified atom stereocenters. The fourth-order valence-electron chi connectivity index (χ4n) is 3.58. The van der Waals surface area contributed by atoms with Gasteiger partial charge in [0.15, 0.2) is 4.87 Å². The van der Waals surface area contributed by atoms with E-state index in [0.717, 1.165) is 31.7 Å². The van der Waals surface area contributed by atoms with E-state index in [4.69, 9.17) is 28.8 Å². The third-order valence-corrected chi connectivity index (χ3v) is 6.36. The largest absolute Gasteiger partial charge is 0.400 e. The van der Waals surface area contributed by atoms with Gasteiger partial charge < -0.3 is 22.1 Å². The van der Waals surface area contributed by atoms with Crippen LogP contribution in [0.15, 0.2) is 23.0 Å². The molecule has 4 rings (SSSR count). The minimum Gasteiger partial charge on any atom is -0.400 e. The molecule has 1 saturated heterocycles. The molecule has 2 atom stereocenters. The van der Waals surface area contributed by atoms with E-state index in [1.54, 1.807) is 18.5 Å². The van der Waals surface area contributed by atoms with Crippen LogP contribution in [0, 0.1) is 5.41 Å². The Bertz CT molecular complexity index is 920. The number of halogens is 3. The number of H-pyrrole nitrogens is 1. The van der Waals surface area contributed by atoms with Gasteiger partial charge in [-0.05, 0) is 30.9 Å². The second-order valence-electron chi connectivity index (χ2n) is 7.58. The number of rotatable bonds is 3. The van der Waals surface area contributed by atoms with Crippen molar-refractivity contribution in [3.63, 3.8) is 0 Å². The van der Waals surface area contributed by atoms with Gasteiger partial charge in [0.2, 0.25) is 5.65 Å². The van der Waals surface area contributed by atoms with Crippen molar-refractivity contribution in [3.05, 3.63) is 23.7 Å². The predicted octanol–water partition coefficient (Wildman–Crippen LogP) is 1.41. The number of alkyl halides is 1. The van der Waals surface area contributed by atoms with Crippen molar-refractivity contribution in [1.82, 2.24) is 20.2 Å². The summed E-state index contributed by atoms with van der Waals surface area (Å²) in [6.45, 7) is 4.70. The van der Waals surface area contributed by atoms with Gasteiger partial charge in [0.25, 0.3) is 0 Å². The lowest BCUT2D eigenvalue weighted by Gasteiger charge is -2.39. The highest BCUT2D eigenvalue weighted by Gasteiger charge is 2.44. The third kappa shape index (κ3) is 3.89. The van der Waals surface area contributed by atoms with Gasteiger partial charge >= 0.3 is 0 Å². The highest BCUT2D eigenvalue weighted by molar-refractivity contribution is 6.27. The van der Waals surface area contributed by atoms with Crippen molar-refractivity contribution >= 4 is 59.6 Å². The SMILES string of the molecule is CC1(CN)CCN(c2cnc3c(C4(Cl)C(N)=CC=NC4N)[nH]nc3n2)CC1.Cl.Cl. The van der Waals surface area contributed by atoms with Crippen molar-refractivity contribution < 1.29 is 0 Å². The van der Waals surface area contributed by atoms with Crippen LogP contribution in [0.3, 0.4) is 0 Å². The van der Waals surface area contributed by atoms with E-state index in [0.29, 0.717) is 29.1 Å². The lowest BCUT2D eigenvalue weighted by molar-refractivity contribution is 0.258. The van der Waals surface area contributed by atoms with E-state index in [1.165, 1.54) is 0 Å². The zero-order chi connectivity index (χ0) is 19.2. The van der Waals surface area contributed by atoms with Crippen LogP contribution in [-0.4, -0.2) is 52.2 Å². The number of aromatic amines is 1. The van der Waals surface area contributed by atoms with Gasteiger partial charge in [-0.3, -0.25) is 10.1 Å². The Hall–Kier alpha value is -1.65. The van der Waals surface area contributed by atoms with Gasteiger partial charge in [-0.25, -0.2) is 9.97 Å². The monoisotopic (exact) mass is 461 g/mol. The van der Waals surface area contributed by atoms with E-state index in [1.807, 2.05) is 0 Å². The van der Waals surface area contributed by atoms with E-state index in [2.05, 4.69) is 37.0 Å². The smallest absolute Gasteiger partial charge is 0.201 e. The number of aliphatic imine (C=N–C) groups is 1. The molecule has 4 heterocycles. The molecule has 1 fully saturated rings. The first kappa shape index (κ1) is 23.6. The molecule has 0 bridgehead atoms. The number of hydrogen-bond donors (Lipinski definition) is 4. The van der Waals surface area contributed by atoms with Crippen LogP contribution in [0.1, 0.15) is 25.5 Å². The molecule has 2 aromatic rings. The fourth-order valence-corrected chi connectivity index (χ4v) is 3.83. The van der Waals surface area contributed by atoms with Crippen molar-refractivity contribution in [2.75, 3.05) is 24.5 Å². The topological polar surface area (TPSA) is 148 Å². The Balaban J connectivity index is 0.00000150. The van der Waals surface area contributed by atoms with Crippen LogP contribution in [0.25, 0.3) is 11.2 Å². The number of dihydropyridines is 1. The predicted molar refractivity (Wildman–Crippen MR) is 121 cm³/mol. The highest BCUT2D eigenvalue weighted by Crippen LogP contribution is 2.40. The number of anilines is 1. The molecule has 7 N–H and O–H groups in total. The Morgan fingerprint density at radius 2 is 2.00 bits per heavy atom. The van der Waals surface area contributed by atoms with Crippen LogP contribution in [-0.2, 0) is 4.87 Å². The molecule has 9 nitrogen and oxygen atoms in total. The van der Waals surface area contributed by atoms with Gasteiger partial charge in [0.05, 0.1) is 11.9 Å². The molecule has 0 saturated carbocycles. The lowest BCUT2D eigenvalue weighted by Crippen LogP contribution is -2.46. The summed E-state index contributed by atoms with van der Waals surface area (Å²) in [7, 11) is 0. The maximum atomic E-state index is 6.76. The first-order chi connectivity index (χ1) is 12.9. The van der Waals surface area contributed by atoms with E-state index < -0.39 is 11.0 Å². The first-order valence-electron chi connectivity index (χ1n) is 8.98. The normalized spacial score (nSPS) is 25.9. The van der Waals surface area contributed by atoms with Gasteiger partial charge in [-0.1, -0.05) is 6.92 Å². The molecular formula is C17H26Cl3N9. The van der Waals surface area contributed by atoms with Crippen LogP contribution in [0.4, 0.5) is 5.82 Å². The number of piperidine rings is 1. The Kier molecular flexibility index (Phi) is 7.01. The van der Waals surface area contributed by atoms with E-state index in [-0.39, 0.29) is 30.2 Å². The van der Waals surface area contributed by atoms with Gasteiger partial charge in [-0.15, -0.1) is 36.4 Å². The Labute approximate surface area is 186 Å². The first-order valence-corrected chi connectivity index (χ1v) is 9.36. The minimum atomic E-state index is -1.23. The number of aromatic nitrogens is 4. The Morgan fingerprint density at radius 1 is 1.31 bits per heavy atom. The van der Waals surface area contributed by atoms with Crippen LogP contribution in [0.2, 0.25) is 0 Å².